The van der Waals surface area contributed by atoms with Gasteiger partial charge in [-0.3, -0.25) is 4.79 Å². The van der Waals surface area contributed by atoms with Crippen LogP contribution in [0.3, 0.4) is 0 Å². The van der Waals surface area contributed by atoms with Gasteiger partial charge in [-0.05, 0) is 61.1 Å². The number of benzene rings is 2. The number of hydrogen-bond donors (Lipinski definition) is 1. The molecule has 0 aromatic heterocycles. The molecule has 8 heteroatoms. The zero-order chi connectivity index (χ0) is 25.5. The first-order valence-electron chi connectivity index (χ1n) is 11.3. The number of ether oxygens (including phenoxy) is 4. The molecule has 0 spiro atoms. The quantitative estimate of drug-likeness (QED) is 0.368. The predicted molar refractivity (Wildman–Crippen MR) is 127 cm³/mol. The van der Waals surface area contributed by atoms with Crippen LogP contribution in [0, 0.1) is 6.92 Å². The van der Waals surface area contributed by atoms with Crippen molar-refractivity contribution in [1.29, 1.82) is 0 Å². The minimum Gasteiger partial charge on any atom is -0.497 e. The number of rotatable bonds is 11. The third-order valence-electron chi connectivity index (χ3n) is 6.17. The molecule has 0 bridgehead atoms. The van der Waals surface area contributed by atoms with Crippen LogP contribution in [-0.2, 0) is 45.2 Å². The zero-order valence-electron chi connectivity index (χ0n) is 20.4. The lowest BCUT2D eigenvalue weighted by Gasteiger charge is -2.19. The number of carbonyl (C=O) groups is 3. The van der Waals surface area contributed by atoms with Gasteiger partial charge in [-0.2, -0.15) is 0 Å². The van der Waals surface area contributed by atoms with E-state index in [0.717, 1.165) is 28.0 Å². The third kappa shape index (κ3) is 6.08. The maximum Gasteiger partial charge on any atom is 0.339 e. The highest BCUT2D eigenvalue weighted by atomic mass is 16.5. The van der Waals surface area contributed by atoms with Crippen molar-refractivity contribution in [2.45, 2.75) is 52.9 Å². The van der Waals surface area contributed by atoms with Gasteiger partial charge in [-0.15, -0.1) is 0 Å². The molecular weight excluding hydrogens is 452 g/mol. The molecule has 1 aliphatic heterocycles. The standard InChI is InChI=1S/C27H30O8/c1-16(6-12-23(28)33-4)5-11-20-21(14-34-13-18-7-9-19(32-3)10-8-18)17(2)22-15-35-27(31)25(22)24(20)26(29)30/h5,7-10H,6,11-15H2,1-4H3,(H,29,30)/b16-5+. The van der Waals surface area contributed by atoms with Gasteiger partial charge in [0.05, 0.1) is 38.6 Å². The number of carboxylic acid groups (broad SMARTS) is 1. The van der Waals surface area contributed by atoms with E-state index in [1.165, 1.54) is 7.11 Å². The van der Waals surface area contributed by atoms with Gasteiger partial charge in [0.25, 0.3) is 0 Å². The number of cyclic esters (lactones) is 1. The first-order valence-corrected chi connectivity index (χ1v) is 11.3. The second kappa shape index (κ2) is 11.7. The molecule has 1 heterocycles. The highest BCUT2D eigenvalue weighted by Crippen LogP contribution is 2.34. The Bertz CT molecular complexity index is 1150. The first-order chi connectivity index (χ1) is 16.8. The van der Waals surface area contributed by atoms with Crippen molar-refractivity contribution >= 4 is 17.9 Å². The molecule has 2 aromatic carbocycles. The number of carbonyl (C=O) groups excluding carboxylic acids is 2. The molecule has 0 saturated heterocycles. The van der Waals surface area contributed by atoms with Crippen molar-refractivity contribution in [2.24, 2.45) is 0 Å². The summed E-state index contributed by atoms with van der Waals surface area (Å²) in [6.07, 6.45) is 2.88. The van der Waals surface area contributed by atoms with Crippen molar-refractivity contribution < 1.29 is 38.4 Å². The van der Waals surface area contributed by atoms with E-state index in [4.69, 9.17) is 14.2 Å². The molecule has 0 radical (unpaired) electrons. The maximum absolute atomic E-state index is 12.4. The lowest BCUT2D eigenvalue weighted by atomic mass is 9.86. The fourth-order valence-electron chi connectivity index (χ4n) is 4.09. The SMILES string of the molecule is COC(=O)CC/C(C)=C/Cc1c(COCc2ccc(OC)cc2)c(C)c2c(c1C(=O)O)C(=O)OC2. The Morgan fingerprint density at radius 3 is 2.43 bits per heavy atom. The second-order valence-electron chi connectivity index (χ2n) is 8.36. The van der Waals surface area contributed by atoms with E-state index in [9.17, 15) is 19.5 Å². The van der Waals surface area contributed by atoms with E-state index in [0.29, 0.717) is 24.2 Å². The number of allylic oxidation sites excluding steroid dienone is 2. The lowest BCUT2D eigenvalue weighted by Crippen LogP contribution is -2.15. The number of esters is 2. The summed E-state index contributed by atoms with van der Waals surface area (Å²) in [5.74, 6) is -1.38. The Kier molecular flexibility index (Phi) is 8.65. The van der Waals surface area contributed by atoms with E-state index in [-0.39, 0.29) is 43.2 Å². The van der Waals surface area contributed by atoms with E-state index < -0.39 is 11.9 Å². The van der Waals surface area contributed by atoms with Crippen LogP contribution in [0.4, 0.5) is 0 Å². The van der Waals surface area contributed by atoms with Crippen LogP contribution in [0.5, 0.6) is 5.75 Å². The van der Waals surface area contributed by atoms with Gasteiger partial charge in [-0.25, -0.2) is 9.59 Å². The van der Waals surface area contributed by atoms with Crippen LogP contribution in [0.2, 0.25) is 0 Å². The van der Waals surface area contributed by atoms with E-state index in [1.54, 1.807) is 7.11 Å². The molecule has 3 rings (SSSR count). The largest absolute Gasteiger partial charge is 0.497 e. The van der Waals surface area contributed by atoms with Crippen LogP contribution in [0.15, 0.2) is 35.9 Å². The Balaban J connectivity index is 1.92. The van der Waals surface area contributed by atoms with Gasteiger partial charge in [-0.1, -0.05) is 23.8 Å². The summed E-state index contributed by atoms with van der Waals surface area (Å²) in [5, 5.41) is 10.0. The van der Waals surface area contributed by atoms with Gasteiger partial charge in [0.1, 0.15) is 12.4 Å². The summed E-state index contributed by atoms with van der Waals surface area (Å²) in [4.78, 5) is 36.2. The molecular formula is C27H30O8. The highest BCUT2D eigenvalue weighted by Gasteiger charge is 2.34. The third-order valence-corrected chi connectivity index (χ3v) is 6.17. The number of methoxy groups -OCH3 is 2. The summed E-state index contributed by atoms with van der Waals surface area (Å²) >= 11 is 0. The average Bonchev–Trinajstić information content (AvgIpc) is 3.24. The number of carboxylic acids is 1. The number of aromatic carboxylic acids is 1. The molecule has 2 aromatic rings. The summed E-state index contributed by atoms with van der Waals surface area (Å²) in [7, 11) is 2.94. The Hall–Kier alpha value is -3.65. The van der Waals surface area contributed by atoms with Crippen molar-refractivity contribution in [3.63, 3.8) is 0 Å². The molecule has 1 aliphatic rings. The lowest BCUT2D eigenvalue weighted by molar-refractivity contribution is -0.140. The predicted octanol–water partition coefficient (Wildman–Crippen LogP) is 4.53. The van der Waals surface area contributed by atoms with Crippen LogP contribution in [0.1, 0.15) is 68.3 Å². The molecule has 0 aliphatic carbocycles. The molecule has 8 nitrogen and oxygen atoms in total. The Morgan fingerprint density at radius 2 is 1.80 bits per heavy atom. The molecule has 186 valence electrons. The zero-order valence-corrected chi connectivity index (χ0v) is 20.4. The van der Waals surface area contributed by atoms with Gasteiger partial charge < -0.3 is 24.1 Å². The van der Waals surface area contributed by atoms with E-state index in [1.807, 2.05) is 44.2 Å². The number of fused-ring (bicyclic) bond motifs is 1. The minimum atomic E-state index is -1.19. The molecule has 0 atom stereocenters. The molecule has 0 fully saturated rings. The summed E-state index contributed by atoms with van der Waals surface area (Å²) in [5.41, 5.74) is 4.55. The minimum absolute atomic E-state index is 0.0417. The van der Waals surface area contributed by atoms with Crippen molar-refractivity contribution in [2.75, 3.05) is 14.2 Å². The first kappa shape index (κ1) is 26.0. The molecule has 1 N–H and O–H groups in total. The Morgan fingerprint density at radius 1 is 1.09 bits per heavy atom. The van der Waals surface area contributed by atoms with Crippen molar-refractivity contribution in [3.8, 4) is 5.75 Å². The molecule has 0 saturated carbocycles. The number of hydrogen-bond acceptors (Lipinski definition) is 7. The van der Waals surface area contributed by atoms with Gasteiger partial charge in [0, 0.05) is 12.0 Å². The maximum atomic E-state index is 12.4. The fourth-order valence-corrected chi connectivity index (χ4v) is 4.09. The van der Waals surface area contributed by atoms with E-state index in [2.05, 4.69) is 4.74 Å². The van der Waals surface area contributed by atoms with Crippen LogP contribution < -0.4 is 4.74 Å². The topological polar surface area (TPSA) is 108 Å². The van der Waals surface area contributed by atoms with E-state index >= 15 is 0 Å². The smallest absolute Gasteiger partial charge is 0.339 e. The van der Waals surface area contributed by atoms with Gasteiger partial charge >= 0.3 is 17.9 Å². The fraction of sp³-hybridized carbons (Fsp3) is 0.370. The van der Waals surface area contributed by atoms with Gasteiger partial charge in [0.15, 0.2) is 0 Å². The van der Waals surface area contributed by atoms with Gasteiger partial charge in [0.2, 0.25) is 0 Å². The highest BCUT2D eigenvalue weighted by molar-refractivity contribution is 6.06. The normalized spacial score (nSPS) is 12.8. The molecule has 0 unspecified atom stereocenters. The monoisotopic (exact) mass is 482 g/mol. The summed E-state index contributed by atoms with van der Waals surface area (Å²) in [6.45, 7) is 4.27. The van der Waals surface area contributed by atoms with Crippen molar-refractivity contribution in [3.05, 3.63) is 74.9 Å². The summed E-state index contributed by atoms with van der Waals surface area (Å²) < 4.78 is 21.0. The van der Waals surface area contributed by atoms with Crippen LogP contribution in [-0.4, -0.2) is 37.2 Å². The van der Waals surface area contributed by atoms with Crippen molar-refractivity contribution in [1.82, 2.24) is 0 Å². The molecule has 35 heavy (non-hydrogen) atoms. The van der Waals surface area contributed by atoms with Crippen LogP contribution in [0.25, 0.3) is 0 Å². The van der Waals surface area contributed by atoms with Crippen LogP contribution >= 0.6 is 0 Å². The molecule has 0 amide bonds. The average molecular weight is 483 g/mol. The Labute approximate surface area is 204 Å². The second-order valence-corrected chi connectivity index (χ2v) is 8.36. The summed E-state index contributed by atoms with van der Waals surface area (Å²) in [6, 6.07) is 7.49.